The Morgan fingerprint density at radius 2 is 1.00 bits per heavy atom. The molecule has 0 saturated carbocycles. The van der Waals surface area contributed by atoms with E-state index in [1.807, 2.05) is 34.0 Å². The van der Waals surface area contributed by atoms with Gasteiger partial charge in [0.2, 0.25) is 5.89 Å². The third-order valence-electron chi connectivity index (χ3n) is 8.59. The zero-order valence-corrected chi connectivity index (χ0v) is 47.8. The van der Waals surface area contributed by atoms with Crippen LogP contribution in [0, 0.1) is 11.8 Å². The third-order valence-corrected chi connectivity index (χ3v) is 8.59. The number of hydrogen-bond donors (Lipinski definition) is 2. The van der Waals surface area contributed by atoms with Crippen LogP contribution in [0.25, 0.3) is 0 Å². The first-order valence-corrected chi connectivity index (χ1v) is 23.8. The summed E-state index contributed by atoms with van der Waals surface area (Å²) in [5.74, 6) is 3.15. The van der Waals surface area contributed by atoms with Crippen molar-refractivity contribution in [1.29, 1.82) is 0 Å². The fourth-order valence-electron chi connectivity index (χ4n) is 4.34. The topological polar surface area (TPSA) is 132 Å². The standard InChI is InChI=1S/2C11H20N2.C10H18N2O.2C7H12N2.2C4H10/c1-10(2,3)9-7-12-13(8-9)11(4,5)6;1-10(2,3)9-7-8-13(12-9)11(4,5)6;1-9(2,3)7-11-8(13-12-7)10(4,5)6;1-7(2,3)6-4-8-9-5-6;1-7(2,3)6-4-5-8-9-6;2*1-4(2)3/h2*7-8H,1-6H3;1-6H3;2*4-5H,1-3H3,(H,8,9);2*4H,1-3H3. The second kappa shape index (κ2) is 25.2. The maximum atomic E-state index is 5.19. The van der Waals surface area contributed by atoms with Gasteiger partial charge < -0.3 is 4.52 Å². The molecule has 0 radical (unpaired) electrons. The first-order valence-electron chi connectivity index (χ1n) is 23.8. The summed E-state index contributed by atoms with van der Waals surface area (Å²) in [5.41, 5.74) is 5.75. The Kier molecular flexibility index (Phi) is 24.5. The van der Waals surface area contributed by atoms with Crippen molar-refractivity contribution in [3.05, 3.63) is 83.5 Å². The van der Waals surface area contributed by atoms with Crippen LogP contribution in [0.1, 0.15) is 242 Å². The van der Waals surface area contributed by atoms with Crippen molar-refractivity contribution in [2.45, 2.75) is 251 Å². The lowest BCUT2D eigenvalue weighted by Gasteiger charge is -2.20. The smallest absolute Gasteiger partial charge is 0.232 e. The van der Waals surface area contributed by atoms with E-state index in [0.717, 1.165) is 23.4 Å². The summed E-state index contributed by atoms with van der Waals surface area (Å²) in [7, 11) is 0. The summed E-state index contributed by atoms with van der Waals surface area (Å²) in [6.07, 6.45) is 11.7. The van der Waals surface area contributed by atoms with Gasteiger partial charge in [-0.3, -0.25) is 19.6 Å². The van der Waals surface area contributed by atoms with E-state index < -0.39 is 0 Å². The van der Waals surface area contributed by atoms with E-state index in [2.05, 4.69) is 267 Å². The van der Waals surface area contributed by atoms with E-state index in [9.17, 15) is 0 Å². The van der Waals surface area contributed by atoms with Crippen molar-refractivity contribution in [1.82, 2.24) is 50.1 Å². The molecule has 5 heterocycles. The Morgan fingerprint density at radius 3 is 1.20 bits per heavy atom. The van der Waals surface area contributed by atoms with Crippen LogP contribution in [0.5, 0.6) is 0 Å². The molecule has 374 valence electrons. The molecule has 2 N–H and O–H groups in total. The molecule has 0 aliphatic rings. The Balaban J connectivity index is 0. The molecule has 11 nitrogen and oxygen atoms in total. The van der Waals surface area contributed by atoms with Crippen LogP contribution >= 0.6 is 0 Å². The molecule has 0 saturated heterocycles. The largest absolute Gasteiger partial charge is 0.339 e. The van der Waals surface area contributed by atoms with E-state index in [1.165, 1.54) is 16.8 Å². The summed E-state index contributed by atoms with van der Waals surface area (Å²) in [6, 6.07) is 4.10. The molecule has 5 aromatic rings. The Labute approximate surface area is 399 Å². The fraction of sp³-hybridized carbons (Fsp3) is 0.741. The van der Waals surface area contributed by atoms with Gasteiger partial charge in [-0.05, 0) is 87.5 Å². The average Bonchev–Trinajstić information content (AvgIpc) is 3.94. The van der Waals surface area contributed by atoms with Gasteiger partial charge in [0.15, 0.2) is 5.82 Å². The lowest BCUT2D eigenvalue weighted by atomic mass is 9.90. The predicted molar refractivity (Wildman–Crippen MR) is 279 cm³/mol. The zero-order chi connectivity index (χ0) is 51.8. The van der Waals surface area contributed by atoms with E-state index in [1.54, 1.807) is 6.20 Å². The molecular formula is C54H102N10O. The highest BCUT2D eigenvalue weighted by atomic mass is 16.5. The Bertz CT molecular complexity index is 1640. The molecule has 0 atom stereocenters. The maximum Gasteiger partial charge on any atom is 0.232 e. The zero-order valence-electron chi connectivity index (χ0n) is 47.8. The highest BCUT2D eigenvalue weighted by molar-refractivity contribution is 5.16. The summed E-state index contributed by atoms with van der Waals surface area (Å²) in [5, 5.41) is 26.3. The van der Waals surface area contributed by atoms with Crippen LogP contribution in [-0.4, -0.2) is 50.1 Å². The number of aromatic amines is 2. The van der Waals surface area contributed by atoms with Crippen molar-refractivity contribution in [3.8, 4) is 0 Å². The minimum Gasteiger partial charge on any atom is -0.339 e. The van der Waals surface area contributed by atoms with Gasteiger partial charge in [0.25, 0.3) is 0 Å². The van der Waals surface area contributed by atoms with Crippen molar-refractivity contribution in [2.75, 3.05) is 0 Å². The molecule has 5 aromatic heterocycles. The van der Waals surface area contributed by atoms with Crippen LogP contribution < -0.4 is 0 Å². The number of aromatic nitrogens is 10. The molecule has 65 heavy (non-hydrogen) atoms. The molecule has 0 aromatic carbocycles. The SMILES string of the molecule is CC(C)(C)c1ccn(C(C)(C)C)n1.CC(C)(C)c1ccn[nH]1.CC(C)(C)c1cn[nH]c1.CC(C)(C)c1cnn(C(C)(C)C)c1.CC(C)(C)c1noc(C(C)(C)C)n1.CC(C)C.CC(C)C. The molecule has 5 rings (SSSR count). The molecule has 0 unspecified atom stereocenters. The van der Waals surface area contributed by atoms with Crippen molar-refractivity contribution >= 4 is 0 Å². The van der Waals surface area contributed by atoms with Crippen LogP contribution in [0.4, 0.5) is 0 Å². The first kappa shape index (κ1) is 63.1. The summed E-state index contributed by atoms with van der Waals surface area (Å²) >= 11 is 0. The molecule has 0 aliphatic heterocycles. The van der Waals surface area contributed by atoms with Crippen molar-refractivity contribution in [3.63, 3.8) is 0 Å². The highest BCUT2D eigenvalue weighted by Crippen LogP contribution is 2.26. The summed E-state index contributed by atoms with van der Waals surface area (Å²) < 4.78 is 9.24. The van der Waals surface area contributed by atoms with Crippen molar-refractivity contribution in [2.24, 2.45) is 11.8 Å². The highest BCUT2D eigenvalue weighted by Gasteiger charge is 2.27. The second-order valence-electron chi connectivity index (χ2n) is 26.5. The summed E-state index contributed by atoms with van der Waals surface area (Å²) in [6.45, 7) is 64.5. The van der Waals surface area contributed by atoms with Gasteiger partial charge in [0, 0.05) is 52.1 Å². The minimum atomic E-state index is -0.0590. The van der Waals surface area contributed by atoms with Crippen LogP contribution in [-0.2, 0) is 43.6 Å². The molecule has 0 amide bonds. The number of rotatable bonds is 0. The normalized spacial score (nSPS) is 12.4. The summed E-state index contributed by atoms with van der Waals surface area (Å²) in [4.78, 5) is 4.38. The molecule has 0 bridgehead atoms. The molecule has 0 spiro atoms. The van der Waals surface area contributed by atoms with Crippen LogP contribution in [0.2, 0.25) is 0 Å². The minimum absolute atomic E-state index is 0.0347. The monoisotopic (exact) mass is 907 g/mol. The number of nitrogens with one attached hydrogen (secondary N) is 2. The fourth-order valence-corrected chi connectivity index (χ4v) is 4.34. The lowest BCUT2D eigenvalue weighted by molar-refractivity contribution is 0.314. The molecule has 11 heteroatoms. The van der Waals surface area contributed by atoms with Crippen molar-refractivity contribution < 1.29 is 4.52 Å². The molecular weight excluding hydrogens is 805 g/mol. The van der Waals surface area contributed by atoms with Gasteiger partial charge in [-0.15, -0.1) is 0 Å². The predicted octanol–water partition coefficient (Wildman–Crippen LogP) is 15.3. The number of H-pyrrole nitrogens is 2. The quantitative estimate of drug-likeness (QED) is 0.158. The van der Waals surface area contributed by atoms with Gasteiger partial charge in [0.1, 0.15) is 0 Å². The second-order valence-corrected chi connectivity index (χ2v) is 26.5. The Morgan fingerprint density at radius 1 is 0.523 bits per heavy atom. The van der Waals surface area contributed by atoms with Crippen LogP contribution in [0.3, 0.4) is 0 Å². The van der Waals surface area contributed by atoms with Gasteiger partial charge in [-0.2, -0.15) is 25.4 Å². The van der Waals surface area contributed by atoms with Gasteiger partial charge in [0.05, 0.1) is 29.2 Å². The average molecular weight is 907 g/mol. The maximum absolute atomic E-state index is 5.19. The van der Waals surface area contributed by atoms with Gasteiger partial charge in [-0.1, -0.05) is 171 Å². The van der Waals surface area contributed by atoms with E-state index in [0.29, 0.717) is 5.89 Å². The van der Waals surface area contributed by atoms with E-state index in [-0.39, 0.29) is 43.6 Å². The number of hydrogen-bond acceptors (Lipinski definition) is 7. The van der Waals surface area contributed by atoms with Crippen LogP contribution in [0.15, 0.2) is 53.8 Å². The molecule has 0 aliphatic carbocycles. The number of nitrogens with zero attached hydrogens (tertiary/aromatic N) is 8. The first-order chi connectivity index (χ1) is 28.8. The van der Waals surface area contributed by atoms with Gasteiger partial charge in [-0.25, -0.2) is 0 Å². The molecule has 0 fully saturated rings. The lowest BCUT2D eigenvalue weighted by Crippen LogP contribution is -2.23. The van der Waals surface area contributed by atoms with E-state index in [4.69, 9.17) is 4.52 Å². The Hall–Kier alpha value is -4.02. The van der Waals surface area contributed by atoms with Gasteiger partial charge >= 0.3 is 0 Å². The van der Waals surface area contributed by atoms with E-state index >= 15 is 0 Å². The third kappa shape index (κ3) is 27.9.